The number of pyridine rings is 1. The smallest absolute Gasteiger partial charge is 0.0895 e. The van der Waals surface area contributed by atoms with Crippen LogP contribution in [0, 0.1) is 6.92 Å². The molecule has 0 spiro atoms. The summed E-state index contributed by atoms with van der Waals surface area (Å²) >= 11 is 0. The molecule has 0 amide bonds. The maximum Gasteiger partial charge on any atom is 0.0895 e. The molecule has 0 radical (unpaired) electrons. The van der Waals surface area contributed by atoms with Gasteiger partial charge in [0.05, 0.1) is 17.4 Å². The number of rotatable bonds is 5. The van der Waals surface area contributed by atoms with E-state index in [0.29, 0.717) is 0 Å². The van der Waals surface area contributed by atoms with Crippen LogP contribution in [0.3, 0.4) is 0 Å². The van der Waals surface area contributed by atoms with E-state index in [1.165, 1.54) is 5.56 Å². The van der Waals surface area contributed by atoms with Crippen molar-refractivity contribution in [3.8, 4) is 0 Å². The molecule has 2 heterocycles. The molecular formula is C14H21N5. The minimum absolute atomic E-state index is 0.0820. The molecule has 5 heteroatoms. The SMILES string of the molecule is CCc1cc(C(NN)c2cnccc2C)n(CC)n1. The van der Waals surface area contributed by atoms with Crippen LogP contribution in [0.1, 0.15) is 42.4 Å². The second kappa shape index (κ2) is 5.95. The molecule has 102 valence electrons. The van der Waals surface area contributed by atoms with E-state index in [2.05, 4.69) is 42.3 Å². The molecule has 1 unspecified atom stereocenters. The van der Waals surface area contributed by atoms with Crippen LogP contribution in [0.4, 0.5) is 0 Å². The molecule has 0 aliphatic carbocycles. The molecule has 3 N–H and O–H groups in total. The summed E-state index contributed by atoms with van der Waals surface area (Å²) in [6.45, 7) is 7.08. The van der Waals surface area contributed by atoms with Crippen LogP contribution in [0.25, 0.3) is 0 Å². The Morgan fingerprint density at radius 3 is 2.79 bits per heavy atom. The predicted molar refractivity (Wildman–Crippen MR) is 75.4 cm³/mol. The summed E-state index contributed by atoms with van der Waals surface area (Å²) in [4.78, 5) is 4.20. The Bertz CT molecular complexity index is 547. The summed E-state index contributed by atoms with van der Waals surface area (Å²) in [5.74, 6) is 5.76. The van der Waals surface area contributed by atoms with Crippen LogP contribution in [0.15, 0.2) is 24.5 Å². The average Bonchev–Trinajstić information content (AvgIpc) is 2.85. The summed E-state index contributed by atoms with van der Waals surface area (Å²) in [7, 11) is 0. The number of aryl methyl sites for hydroxylation is 3. The number of hydrogen-bond donors (Lipinski definition) is 2. The van der Waals surface area contributed by atoms with Gasteiger partial charge in [-0.15, -0.1) is 0 Å². The normalized spacial score (nSPS) is 12.6. The van der Waals surface area contributed by atoms with Crippen LogP contribution in [0.2, 0.25) is 0 Å². The number of nitrogens with two attached hydrogens (primary N) is 1. The van der Waals surface area contributed by atoms with Crippen molar-refractivity contribution in [3.63, 3.8) is 0 Å². The van der Waals surface area contributed by atoms with E-state index >= 15 is 0 Å². The first kappa shape index (κ1) is 13.7. The number of nitrogens with one attached hydrogen (secondary N) is 1. The lowest BCUT2D eigenvalue weighted by atomic mass is 10.0. The molecule has 5 nitrogen and oxygen atoms in total. The molecule has 0 aliphatic rings. The molecule has 19 heavy (non-hydrogen) atoms. The first-order chi connectivity index (χ1) is 9.21. The molecule has 0 saturated heterocycles. The lowest BCUT2D eigenvalue weighted by molar-refractivity contribution is 0.539. The number of hydrazine groups is 1. The van der Waals surface area contributed by atoms with Gasteiger partial charge >= 0.3 is 0 Å². The summed E-state index contributed by atoms with van der Waals surface area (Å²) in [6, 6.07) is 4.02. The average molecular weight is 259 g/mol. The zero-order chi connectivity index (χ0) is 13.8. The maximum absolute atomic E-state index is 5.76. The van der Waals surface area contributed by atoms with E-state index in [9.17, 15) is 0 Å². The third kappa shape index (κ3) is 2.67. The van der Waals surface area contributed by atoms with Crippen LogP contribution >= 0.6 is 0 Å². The molecule has 2 aromatic heterocycles. The molecular weight excluding hydrogens is 238 g/mol. The topological polar surface area (TPSA) is 68.8 Å². The van der Waals surface area contributed by atoms with E-state index in [1.807, 2.05) is 16.9 Å². The van der Waals surface area contributed by atoms with Gasteiger partial charge in [-0.1, -0.05) is 6.92 Å². The highest BCUT2D eigenvalue weighted by Gasteiger charge is 2.20. The van der Waals surface area contributed by atoms with Gasteiger partial charge in [0, 0.05) is 18.9 Å². The Hall–Kier alpha value is -1.72. The van der Waals surface area contributed by atoms with Gasteiger partial charge in [0.1, 0.15) is 0 Å². The second-order valence-electron chi connectivity index (χ2n) is 4.56. The first-order valence-corrected chi connectivity index (χ1v) is 6.64. The van der Waals surface area contributed by atoms with E-state index in [0.717, 1.165) is 29.9 Å². The zero-order valence-electron chi connectivity index (χ0n) is 11.7. The highest BCUT2D eigenvalue weighted by Crippen LogP contribution is 2.24. The fourth-order valence-electron chi connectivity index (χ4n) is 2.26. The van der Waals surface area contributed by atoms with E-state index < -0.39 is 0 Å². The van der Waals surface area contributed by atoms with E-state index in [-0.39, 0.29) is 6.04 Å². The van der Waals surface area contributed by atoms with Crippen molar-refractivity contribution in [1.82, 2.24) is 20.2 Å². The fourth-order valence-corrected chi connectivity index (χ4v) is 2.26. The molecule has 2 rings (SSSR count). The van der Waals surface area contributed by atoms with E-state index in [4.69, 9.17) is 5.84 Å². The fraction of sp³-hybridized carbons (Fsp3) is 0.429. The van der Waals surface area contributed by atoms with Crippen LogP contribution in [-0.4, -0.2) is 14.8 Å². The molecule has 2 aromatic rings. The Morgan fingerprint density at radius 1 is 1.42 bits per heavy atom. The molecule has 0 saturated carbocycles. The van der Waals surface area contributed by atoms with Gasteiger partial charge in [-0.25, -0.2) is 5.43 Å². The van der Waals surface area contributed by atoms with Crippen molar-refractivity contribution in [2.24, 2.45) is 5.84 Å². The summed E-state index contributed by atoms with van der Waals surface area (Å²) in [5, 5.41) is 4.57. The summed E-state index contributed by atoms with van der Waals surface area (Å²) in [6.07, 6.45) is 4.57. The van der Waals surface area contributed by atoms with Crippen molar-refractivity contribution in [3.05, 3.63) is 47.0 Å². The van der Waals surface area contributed by atoms with Gasteiger partial charge in [0.25, 0.3) is 0 Å². The van der Waals surface area contributed by atoms with Crippen molar-refractivity contribution < 1.29 is 0 Å². The Kier molecular flexibility index (Phi) is 4.29. The summed E-state index contributed by atoms with van der Waals surface area (Å²) in [5.41, 5.74) is 7.30. The van der Waals surface area contributed by atoms with Crippen molar-refractivity contribution >= 4 is 0 Å². The van der Waals surface area contributed by atoms with Gasteiger partial charge < -0.3 is 0 Å². The van der Waals surface area contributed by atoms with E-state index in [1.54, 1.807) is 6.20 Å². The molecule has 0 aromatic carbocycles. The third-order valence-electron chi connectivity index (χ3n) is 3.38. The third-order valence-corrected chi connectivity index (χ3v) is 3.38. The standard InChI is InChI=1S/C14H21N5/c1-4-11-8-13(19(5-2)18-11)14(17-15)12-9-16-7-6-10(12)3/h6-9,14,17H,4-5,15H2,1-3H3. The minimum Gasteiger partial charge on any atom is -0.271 e. The van der Waals surface area contributed by atoms with Crippen molar-refractivity contribution in [2.45, 2.75) is 39.8 Å². The Morgan fingerprint density at radius 2 is 2.21 bits per heavy atom. The first-order valence-electron chi connectivity index (χ1n) is 6.64. The largest absolute Gasteiger partial charge is 0.271 e. The van der Waals surface area contributed by atoms with Gasteiger partial charge in [0.15, 0.2) is 0 Å². The monoisotopic (exact) mass is 259 g/mol. The number of aromatic nitrogens is 3. The minimum atomic E-state index is -0.0820. The van der Waals surface area contributed by atoms with Gasteiger partial charge in [-0.2, -0.15) is 5.10 Å². The lowest BCUT2D eigenvalue weighted by Crippen LogP contribution is -2.31. The lowest BCUT2D eigenvalue weighted by Gasteiger charge is -2.19. The van der Waals surface area contributed by atoms with Crippen molar-refractivity contribution in [1.29, 1.82) is 0 Å². The number of nitrogens with zero attached hydrogens (tertiary/aromatic N) is 3. The highest BCUT2D eigenvalue weighted by atomic mass is 15.3. The van der Waals surface area contributed by atoms with Gasteiger partial charge in [-0.3, -0.25) is 15.5 Å². The van der Waals surface area contributed by atoms with Gasteiger partial charge in [0.2, 0.25) is 0 Å². The summed E-state index contributed by atoms with van der Waals surface area (Å²) < 4.78 is 2.00. The maximum atomic E-state index is 5.76. The molecule has 1 atom stereocenters. The quantitative estimate of drug-likeness (QED) is 0.633. The molecule has 0 fully saturated rings. The zero-order valence-corrected chi connectivity index (χ0v) is 11.7. The molecule has 0 bridgehead atoms. The highest BCUT2D eigenvalue weighted by molar-refractivity contribution is 5.32. The van der Waals surface area contributed by atoms with Crippen LogP contribution < -0.4 is 11.3 Å². The van der Waals surface area contributed by atoms with Crippen LogP contribution in [0.5, 0.6) is 0 Å². The molecule has 0 aliphatic heterocycles. The Labute approximate surface area is 113 Å². The van der Waals surface area contributed by atoms with Crippen LogP contribution in [-0.2, 0) is 13.0 Å². The number of hydrogen-bond acceptors (Lipinski definition) is 4. The van der Waals surface area contributed by atoms with Gasteiger partial charge in [-0.05, 0) is 43.5 Å². The second-order valence-corrected chi connectivity index (χ2v) is 4.56. The Balaban J connectivity index is 2.47. The van der Waals surface area contributed by atoms with Crippen molar-refractivity contribution in [2.75, 3.05) is 0 Å². The predicted octanol–water partition coefficient (Wildman–Crippen LogP) is 1.72.